The highest BCUT2D eigenvalue weighted by atomic mass is 16.6. The molecule has 0 bridgehead atoms. The maximum Gasteiger partial charge on any atom is 0.269 e. The molecule has 0 unspecified atom stereocenters. The lowest BCUT2D eigenvalue weighted by Crippen LogP contribution is -1.97. The largest absolute Gasteiger partial charge is 0.493 e. The first-order valence-electron chi connectivity index (χ1n) is 9.08. The molecule has 0 aliphatic rings. The van der Waals surface area contributed by atoms with Crippen molar-refractivity contribution in [2.45, 2.75) is 6.61 Å². The molecule has 0 saturated carbocycles. The summed E-state index contributed by atoms with van der Waals surface area (Å²) >= 11 is 0. The third-order valence-electron chi connectivity index (χ3n) is 4.40. The Balaban J connectivity index is 1.51. The quantitative estimate of drug-likeness (QED) is 0.319. The molecule has 1 aromatic heterocycles. The van der Waals surface area contributed by atoms with Gasteiger partial charge in [-0.1, -0.05) is 29.4 Å². The van der Waals surface area contributed by atoms with Crippen LogP contribution in [0.4, 0.5) is 5.69 Å². The molecule has 1 heterocycles. The van der Waals surface area contributed by atoms with Crippen LogP contribution in [0.2, 0.25) is 0 Å². The molecule has 0 aliphatic heterocycles. The van der Waals surface area contributed by atoms with E-state index in [0.29, 0.717) is 35.4 Å². The maximum absolute atomic E-state index is 10.8. The van der Waals surface area contributed by atoms with Crippen molar-refractivity contribution in [3.63, 3.8) is 0 Å². The SMILES string of the molecule is COc1ccccc1OCc1cccc(-c2nc(-c3ccc([N+](=O)[O-])cc3)no2)c1. The molecule has 0 amide bonds. The van der Waals surface area contributed by atoms with E-state index < -0.39 is 4.92 Å². The second kappa shape index (κ2) is 8.44. The van der Waals surface area contributed by atoms with E-state index in [4.69, 9.17) is 14.0 Å². The summed E-state index contributed by atoms with van der Waals surface area (Å²) in [6, 6.07) is 21.0. The average Bonchev–Trinajstić information content (AvgIpc) is 3.28. The summed E-state index contributed by atoms with van der Waals surface area (Å²) in [7, 11) is 1.60. The molecule has 4 aromatic rings. The molecule has 8 heteroatoms. The minimum Gasteiger partial charge on any atom is -0.493 e. The van der Waals surface area contributed by atoms with Gasteiger partial charge in [-0.3, -0.25) is 10.1 Å². The number of benzene rings is 3. The average molecular weight is 403 g/mol. The highest BCUT2D eigenvalue weighted by Crippen LogP contribution is 2.28. The fourth-order valence-corrected chi connectivity index (χ4v) is 2.88. The van der Waals surface area contributed by atoms with Crippen molar-refractivity contribution in [3.8, 4) is 34.3 Å². The first-order chi connectivity index (χ1) is 14.6. The van der Waals surface area contributed by atoms with E-state index in [1.807, 2.05) is 48.5 Å². The zero-order chi connectivity index (χ0) is 20.9. The summed E-state index contributed by atoms with van der Waals surface area (Å²) in [4.78, 5) is 14.7. The first-order valence-corrected chi connectivity index (χ1v) is 9.08. The smallest absolute Gasteiger partial charge is 0.269 e. The van der Waals surface area contributed by atoms with E-state index in [9.17, 15) is 10.1 Å². The fourth-order valence-electron chi connectivity index (χ4n) is 2.88. The molecular formula is C22H17N3O5. The van der Waals surface area contributed by atoms with Crippen LogP contribution in [0.3, 0.4) is 0 Å². The van der Waals surface area contributed by atoms with Crippen LogP contribution in [0.5, 0.6) is 11.5 Å². The van der Waals surface area contributed by atoms with Crippen LogP contribution in [0, 0.1) is 10.1 Å². The molecule has 150 valence electrons. The molecule has 8 nitrogen and oxygen atoms in total. The van der Waals surface area contributed by atoms with Gasteiger partial charge in [0, 0.05) is 23.3 Å². The number of methoxy groups -OCH3 is 1. The molecule has 0 aliphatic carbocycles. The van der Waals surface area contributed by atoms with Gasteiger partial charge in [-0.05, 0) is 42.0 Å². The molecule has 3 aromatic carbocycles. The molecular weight excluding hydrogens is 386 g/mol. The monoisotopic (exact) mass is 403 g/mol. The number of para-hydroxylation sites is 2. The Morgan fingerprint density at radius 2 is 1.73 bits per heavy atom. The van der Waals surface area contributed by atoms with Gasteiger partial charge >= 0.3 is 0 Å². The Hall–Kier alpha value is -4.20. The highest BCUT2D eigenvalue weighted by Gasteiger charge is 2.13. The Labute approximate surface area is 171 Å². The van der Waals surface area contributed by atoms with Crippen molar-refractivity contribution in [3.05, 3.63) is 88.5 Å². The third kappa shape index (κ3) is 4.12. The predicted octanol–water partition coefficient (Wildman–Crippen LogP) is 4.90. The summed E-state index contributed by atoms with van der Waals surface area (Å²) in [5.41, 5.74) is 2.31. The minimum absolute atomic E-state index is 0.00483. The molecule has 0 spiro atoms. The van der Waals surface area contributed by atoms with Crippen LogP contribution in [0.15, 0.2) is 77.3 Å². The van der Waals surface area contributed by atoms with E-state index in [1.54, 1.807) is 19.2 Å². The second-order valence-electron chi connectivity index (χ2n) is 6.37. The van der Waals surface area contributed by atoms with Crippen LogP contribution < -0.4 is 9.47 Å². The topological polar surface area (TPSA) is 101 Å². The van der Waals surface area contributed by atoms with Crippen molar-refractivity contribution < 1.29 is 18.9 Å². The number of non-ortho nitro benzene ring substituents is 1. The molecule has 30 heavy (non-hydrogen) atoms. The van der Waals surface area contributed by atoms with Crippen LogP contribution in [-0.4, -0.2) is 22.2 Å². The van der Waals surface area contributed by atoms with Crippen LogP contribution in [0.25, 0.3) is 22.8 Å². The number of ether oxygens (including phenoxy) is 2. The lowest BCUT2D eigenvalue weighted by Gasteiger charge is -2.10. The number of hydrogen-bond donors (Lipinski definition) is 0. The van der Waals surface area contributed by atoms with Crippen molar-refractivity contribution >= 4 is 5.69 Å². The van der Waals surface area contributed by atoms with Gasteiger partial charge in [0.05, 0.1) is 12.0 Å². The van der Waals surface area contributed by atoms with E-state index >= 15 is 0 Å². The normalized spacial score (nSPS) is 10.6. The molecule has 0 radical (unpaired) electrons. The molecule has 0 atom stereocenters. The number of aromatic nitrogens is 2. The van der Waals surface area contributed by atoms with Crippen molar-refractivity contribution in [2.24, 2.45) is 0 Å². The molecule has 0 saturated heterocycles. The minimum atomic E-state index is -0.454. The molecule has 4 rings (SSSR count). The highest BCUT2D eigenvalue weighted by molar-refractivity contribution is 5.61. The zero-order valence-corrected chi connectivity index (χ0v) is 16.0. The summed E-state index contributed by atoms with van der Waals surface area (Å²) < 4.78 is 16.5. The van der Waals surface area contributed by atoms with Crippen LogP contribution in [0.1, 0.15) is 5.56 Å². The van der Waals surface area contributed by atoms with E-state index in [0.717, 1.165) is 11.1 Å². The lowest BCUT2D eigenvalue weighted by atomic mass is 10.1. The van der Waals surface area contributed by atoms with Gasteiger partial charge in [0.25, 0.3) is 11.6 Å². The Kier molecular flexibility index (Phi) is 5.38. The Morgan fingerprint density at radius 1 is 0.967 bits per heavy atom. The zero-order valence-electron chi connectivity index (χ0n) is 16.0. The fraction of sp³-hybridized carbons (Fsp3) is 0.0909. The van der Waals surface area contributed by atoms with Gasteiger partial charge in [-0.2, -0.15) is 4.98 Å². The Bertz CT molecular complexity index is 1170. The van der Waals surface area contributed by atoms with E-state index in [2.05, 4.69) is 10.1 Å². The number of nitro benzene ring substituents is 1. The van der Waals surface area contributed by atoms with Gasteiger partial charge in [-0.15, -0.1) is 0 Å². The van der Waals surface area contributed by atoms with Crippen molar-refractivity contribution in [1.82, 2.24) is 10.1 Å². The van der Waals surface area contributed by atoms with Gasteiger partial charge in [0.15, 0.2) is 11.5 Å². The van der Waals surface area contributed by atoms with E-state index in [-0.39, 0.29) is 5.69 Å². The standard InChI is InChI=1S/C22H17N3O5/c1-28-19-7-2-3-8-20(19)29-14-15-5-4-6-17(13-15)22-23-21(24-30-22)16-9-11-18(12-10-16)25(26)27/h2-13H,14H2,1H3. The van der Waals surface area contributed by atoms with Crippen LogP contribution in [-0.2, 0) is 6.61 Å². The third-order valence-corrected chi connectivity index (χ3v) is 4.40. The van der Waals surface area contributed by atoms with Gasteiger partial charge < -0.3 is 14.0 Å². The number of rotatable bonds is 7. The molecule has 0 fully saturated rings. The van der Waals surface area contributed by atoms with Gasteiger partial charge in [0.1, 0.15) is 6.61 Å². The number of nitro groups is 1. The summed E-state index contributed by atoms with van der Waals surface area (Å²) in [6.07, 6.45) is 0. The number of nitrogens with zero attached hydrogens (tertiary/aromatic N) is 3. The van der Waals surface area contributed by atoms with Crippen molar-refractivity contribution in [2.75, 3.05) is 7.11 Å². The predicted molar refractivity (Wildman–Crippen MR) is 109 cm³/mol. The van der Waals surface area contributed by atoms with Crippen LogP contribution >= 0.6 is 0 Å². The summed E-state index contributed by atoms with van der Waals surface area (Å²) in [5.74, 6) is 2.03. The molecule has 0 N–H and O–H groups in total. The first kappa shape index (κ1) is 19.1. The Morgan fingerprint density at radius 3 is 2.47 bits per heavy atom. The van der Waals surface area contributed by atoms with E-state index in [1.165, 1.54) is 12.1 Å². The lowest BCUT2D eigenvalue weighted by molar-refractivity contribution is -0.384. The van der Waals surface area contributed by atoms with Gasteiger partial charge in [-0.25, -0.2) is 0 Å². The number of hydrogen-bond acceptors (Lipinski definition) is 7. The maximum atomic E-state index is 10.8. The summed E-state index contributed by atoms with van der Waals surface area (Å²) in [6.45, 7) is 0.345. The van der Waals surface area contributed by atoms with Gasteiger partial charge in [0.2, 0.25) is 5.82 Å². The second-order valence-corrected chi connectivity index (χ2v) is 6.37. The van der Waals surface area contributed by atoms with Crippen molar-refractivity contribution in [1.29, 1.82) is 0 Å². The summed E-state index contributed by atoms with van der Waals surface area (Å²) in [5, 5.41) is 14.8.